The van der Waals surface area contributed by atoms with E-state index in [0.717, 1.165) is 38.4 Å². The maximum absolute atomic E-state index is 5.63. The number of hydrogen-bond donors (Lipinski definition) is 1. The molecule has 102 valence electrons. The molecule has 1 N–H and O–H groups in total. The molecule has 0 aliphatic heterocycles. The lowest BCUT2D eigenvalue weighted by atomic mass is 10.3. The Balaban J connectivity index is 1.58. The zero-order valence-corrected chi connectivity index (χ0v) is 11.4. The number of hydrogen-bond acceptors (Lipinski definition) is 3. The van der Waals surface area contributed by atoms with Crippen molar-refractivity contribution in [3.05, 3.63) is 48.5 Å². The van der Waals surface area contributed by atoms with E-state index in [1.54, 1.807) is 0 Å². The maximum Gasteiger partial charge on any atom is 0.119 e. The predicted molar refractivity (Wildman–Crippen MR) is 76.2 cm³/mol. The van der Waals surface area contributed by atoms with Crippen LogP contribution in [0.4, 0.5) is 0 Å². The number of aryl methyl sites for hydroxylation is 1. The zero-order valence-electron chi connectivity index (χ0n) is 11.4. The van der Waals surface area contributed by atoms with Crippen LogP contribution in [0.1, 0.15) is 19.0 Å². The average Bonchev–Trinajstić information content (AvgIpc) is 2.91. The van der Waals surface area contributed by atoms with Crippen LogP contribution in [0.25, 0.3) is 0 Å². The van der Waals surface area contributed by atoms with Crippen LogP contribution in [0.3, 0.4) is 0 Å². The first kappa shape index (κ1) is 13.6. The number of rotatable bonds is 8. The lowest BCUT2D eigenvalue weighted by Gasteiger charge is -2.08. The van der Waals surface area contributed by atoms with Crippen LogP contribution in [0, 0.1) is 0 Å². The highest BCUT2D eigenvalue weighted by atomic mass is 16.5. The Labute approximate surface area is 114 Å². The van der Waals surface area contributed by atoms with Crippen LogP contribution >= 0.6 is 0 Å². The highest BCUT2D eigenvalue weighted by molar-refractivity contribution is 5.20. The normalized spacial score (nSPS) is 10.6. The molecular formula is C15H21N3O. The lowest BCUT2D eigenvalue weighted by molar-refractivity contribution is 0.308. The van der Waals surface area contributed by atoms with Gasteiger partial charge in [0.1, 0.15) is 5.75 Å². The van der Waals surface area contributed by atoms with Crippen molar-refractivity contribution in [2.24, 2.45) is 0 Å². The Bertz CT molecular complexity index is 467. The third kappa shape index (κ3) is 4.41. The Kier molecular flexibility index (Phi) is 5.44. The maximum atomic E-state index is 5.63. The molecule has 0 aliphatic carbocycles. The Morgan fingerprint density at radius 3 is 2.89 bits per heavy atom. The third-order valence-electron chi connectivity index (χ3n) is 2.96. The van der Waals surface area contributed by atoms with E-state index in [2.05, 4.69) is 21.8 Å². The van der Waals surface area contributed by atoms with Gasteiger partial charge in [-0.25, -0.2) is 4.98 Å². The van der Waals surface area contributed by atoms with Gasteiger partial charge in [-0.2, -0.15) is 0 Å². The van der Waals surface area contributed by atoms with Gasteiger partial charge in [-0.15, -0.1) is 0 Å². The third-order valence-corrected chi connectivity index (χ3v) is 2.96. The molecular weight excluding hydrogens is 238 g/mol. The van der Waals surface area contributed by atoms with Crippen molar-refractivity contribution in [2.75, 3.05) is 13.2 Å². The first-order chi connectivity index (χ1) is 9.40. The number of para-hydroxylation sites is 1. The van der Waals surface area contributed by atoms with Gasteiger partial charge < -0.3 is 14.6 Å². The van der Waals surface area contributed by atoms with E-state index < -0.39 is 0 Å². The Morgan fingerprint density at radius 2 is 2.11 bits per heavy atom. The van der Waals surface area contributed by atoms with Crippen LogP contribution in [0.5, 0.6) is 5.75 Å². The largest absolute Gasteiger partial charge is 0.494 e. The Morgan fingerprint density at radius 1 is 1.26 bits per heavy atom. The highest BCUT2D eigenvalue weighted by Crippen LogP contribution is 2.08. The molecule has 0 saturated carbocycles. The van der Waals surface area contributed by atoms with Crippen LogP contribution in [0.15, 0.2) is 42.9 Å². The number of imidazole rings is 1. The van der Waals surface area contributed by atoms with Crippen molar-refractivity contribution in [3.63, 3.8) is 0 Å². The molecule has 0 spiro atoms. The smallest absolute Gasteiger partial charge is 0.119 e. The summed E-state index contributed by atoms with van der Waals surface area (Å²) in [6, 6.07) is 9.92. The van der Waals surface area contributed by atoms with E-state index in [0.29, 0.717) is 0 Å². The molecule has 0 bridgehead atoms. The van der Waals surface area contributed by atoms with Crippen molar-refractivity contribution < 1.29 is 4.74 Å². The molecule has 2 rings (SSSR count). The van der Waals surface area contributed by atoms with Gasteiger partial charge in [0.25, 0.3) is 0 Å². The van der Waals surface area contributed by atoms with Crippen LogP contribution < -0.4 is 10.1 Å². The summed E-state index contributed by atoms with van der Waals surface area (Å²) < 4.78 is 7.78. The van der Waals surface area contributed by atoms with E-state index in [1.165, 1.54) is 5.69 Å². The number of aromatic nitrogens is 2. The number of ether oxygens (including phenoxy) is 1. The second-order valence-corrected chi connectivity index (χ2v) is 4.36. The van der Waals surface area contributed by atoms with Gasteiger partial charge in [-0.3, -0.25) is 0 Å². The summed E-state index contributed by atoms with van der Waals surface area (Å²) in [5.74, 6) is 0.937. The molecule has 2 aromatic rings. The minimum absolute atomic E-state index is 0.740. The highest BCUT2D eigenvalue weighted by Gasteiger charge is 1.99. The van der Waals surface area contributed by atoms with Gasteiger partial charge in [0, 0.05) is 19.3 Å². The summed E-state index contributed by atoms with van der Waals surface area (Å²) in [6.07, 6.45) is 4.78. The summed E-state index contributed by atoms with van der Waals surface area (Å²) in [6.45, 7) is 5.64. The fourth-order valence-electron chi connectivity index (χ4n) is 1.90. The van der Waals surface area contributed by atoms with Gasteiger partial charge in [0.15, 0.2) is 0 Å². The van der Waals surface area contributed by atoms with E-state index in [-0.39, 0.29) is 0 Å². The monoisotopic (exact) mass is 259 g/mol. The Hall–Kier alpha value is -1.81. The second kappa shape index (κ2) is 7.59. The van der Waals surface area contributed by atoms with Crippen molar-refractivity contribution in [1.82, 2.24) is 14.9 Å². The summed E-state index contributed by atoms with van der Waals surface area (Å²) in [7, 11) is 0. The van der Waals surface area contributed by atoms with Crippen LogP contribution in [-0.4, -0.2) is 22.7 Å². The fraction of sp³-hybridized carbons (Fsp3) is 0.400. The molecule has 0 saturated heterocycles. The molecule has 0 unspecified atom stereocenters. The van der Waals surface area contributed by atoms with Gasteiger partial charge in [-0.1, -0.05) is 18.2 Å². The molecule has 0 radical (unpaired) electrons. The average molecular weight is 259 g/mol. The zero-order chi connectivity index (χ0) is 13.3. The van der Waals surface area contributed by atoms with Gasteiger partial charge in [-0.05, 0) is 32.0 Å². The molecule has 1 aromatic heterocycles. The molecule has 4 nitrogen and oxygen atoms in total. The molecule has 1 heterocycles. The quantitative estimate of drug-likeness (QED) is 0.740. The minimum atomic E-state index is 0.740. The summed E-state index contributed by atoms with van der Waals surface area (Å²) in [5, 5.41) is 3.41. The second-order valence-electron chi connectivity index (χ2n) is 4.36. The molecule has 0 amide bonds. The first-order valence-electron chi connectivity index (χ1n) is 6.77. The summed E-state index contributed by atoms with van der Waals surface area (Å²) in [4.78, 5) is 4.15. The van der Waals surface area contributed by atoms with Crippen LogP contribution in [0.2, 0.25) is 0 Å². The molecule has 0 atom stereocenters. The molecule has 19 heavy (non-hydrogen) atoms. The van der Waals surface area contributed by atoms with Crippen molar-refractivity contribution in [3.8, 4) is 5.75 Å². The topological polar surface area (TPSA) is 39.1 Å². The summed E-state index contributed by atoms with van der Waals surface area (Å²) >= 11 is 0. The lowest BCUT2D eigenvalue weighted by Crippen LogP contribution is -2.18. The van der Waals surface area contributed by atoms with Crippen molar-refractivity contribution >= 4 is 0 Å². The van der Waals surface area contributed by atoms with Crippen LogP contribution in [-0.2, 0) is 13.1 Å². The minimum Gasteiger partial charge on any atom is -0.494 e. The van der Waals surface area contributed by atoms with E-state index in [1.807, 2.05) is 42.9 Å². The van der Waals surface area contributed by atoms with Gasteiger partial charge in [0.2, 0.25) is 0 Å². The predicted octanol–water partition coefficient (Wildman–Crippen LogP) is 2.46. The van der Waals surface area contributed by atoms with Crippen molar-refractivity contribution in [1.29, 1.82) is 0 Å². The summed E-state index contributed by atoms with van der Waals surface area (Å²) in [5.41, 5.74) is 1.23. The molecule has 0 aliphatic rings. The SMILES string of the molecule is CCn1cncc1CNCCCOc1ccccc1. The first-order valence-corrected chi connectivity index (χ1v) is 6.77. The van der Waals surface area contributed by atoms with Crippen molar-refractivity contribution in [2.45, 2.75) is 26.4 Å². The van der Waals surface area contributed by atoms with E-state index >= 15 is 0 Å². The molecule has 1 aromatic carbocycles. The van der Waals surface area contributed by atoms with E-state index in [9.17, 15) is 0 Å². The number of nitrogens with zero attached hydrogens (tertiary/aromatic N) is 2. The van der Waals surface area contributed by atoms with Gasteiger partial charge >= 0.3 is 0 Å². The number of benzene rings is 1. The molecule has 4 heteroatoms. The number of nitrogens with one attached hydrogen (secondary N) is 1. The van der Waals surface area contributed by atoms with E-state index in [4.69, 9.17) is 4.74 Å². The standard InChI is InChI=1S/C15H21N3O/c1-2-18-13-17-12-14(18)11-16-9-6-10-19-15-7-4-3-5-8-15/h3-5,7-8,12-13,16H,2,6,9-11H2,1H3. The fourth-order valence-corrected chi connectivity index (χ4v) is 1.90. The molecule has 0 fully saturated rings. The van der Waals surface area contributed by atoms with Gasteiger partial charge in [0.05, 0.1) is 18.6 Å².